The van der Waals surface area contributed by atoms with Gasteiger partial charge in [-0.25, -0.2) is 4.98 Å². The molecule has 2 aromatic rings. The van der Waals surface area contributed by atoms with E-state index in [2.05, 4.69) is 10.3 Å². The number of aliphatic hydroxyl groups is 1. The van der Waals surface area contributed by atoms with Crippen molar-refractivity contribution in [3.63, 3.8) is 0 Å². The lowest BCUT2D eigenvalue weighted by molar-refractivity contribution is -0.157. The molecule has 1 aliphatic rings. The smallest absolute Gasteiger partial charge is 0.255 e. The van der Waals surface area contributed by atoms with E-state index in [9.17, 15) is 9.90 Å². The van der Waals surface area contributed by atoms with E-state index in [1.165, 1.54) is 0 Å². The average Bonchev–Trinajstić information content (AvgIpc) is 2.99. The van der Waals surface area contributed by atoms with Crippen LogP contribution >= 0.6 is 11.3 Å². The van der Waals surface area contributed by atoms with Crippen LogP contribution in [-0.4, -0.2) is 59.8 Å². The van der Waals surface area contributed by atoms with Crippen LogP contribution in [0, 0.1) is 0 Å². The van der Waals surface area contributed by atoms with Crippen LogP contribution in [0.15, 0.2) is 24.3 Å². The van der Waals surface area contributed by atoms with Crippen LogP contribution in [0.1, 0.15) is 17.8 Å². The van der Waals surface area contributed by atoms with E-state index in [0.29, 0.717) is 32.7 Å². The number of piperidine rings is 1. The molecule has 2 N–H and O–H groups in total. The molecule has 1 atom stereocenters. The summed E-state index contributed by atoms with van der Waals surface area (Å²) in [6.45, 7) is 2.48. The molecule has 0 spiro atoms. The highest BCUT2D eigenvalue weighted by atomic mass is 32.1. The van der Waals surface area contributed by atoms with Gasteiger partial charge in [0.1, 0.15) is 5.01 Å². The fourth-order valence-electron chi connectivity index (χ4n) is 3.02. The lowest BCUT2D eigenvalue weighted by Gasteiger charge is -2.38. The number of carbonyl (C=O) groups is 1. The van der Waals surface area contributed by atoms with Crippen molar-refractivity contribution in [1.29, 1.82) is 0 Å². The first-order chi connectivity index (χ1) is 11.6. The molecule has 1 fully saturated rings. The summed E-state index contributed by atoms with van der Waals surface area (Å²) in [5.41, 5.74) is -0.347. The molecule has 3 rings (SSSR count). The highest BCUT2D eigenvalue weighted by Gasteiger charge is 2.41. The Hall–Kier alpha value is -1.54. The zero-order valence-electron chi connectivity index (χ0n) is 13.8. The van der Waals surface area contributed by atoms with Crippen LogP contribution in [0.5, 0.6) is 0 Å². The Morgan fingerprint density at radius 2 is 2.29 bits per heavy atom. The minimum atomic E-state index is -1.33. The van der Waals surface area contributed by atoms with Crippen LogP contribution < -0.4 is 5.32 Å². The molecule has 0 bridgehead atoms. The number of thiazole rings is 1. The summed E-state index contributed by atoms with van der Waals surface area (Å²) >= 11 is 1.63. The fourth-order valence-corrected chi connectivity index (χ4v) is 3.95. The minimum Gasteiger partial charge on any atom is -0.383 e. The molecule has 1 aromatic carbocycles. The van der Waals surface area contributed by atoms with Crippen LogP contribution in [0.4, 0.5) is 0 Å². The molecule has 1 aliphatic heterocycles. The van der Waals surface area contributed by atoms with Gasteiger partial charge in [0, 0.05) is 33.3 Å². The number of fused-ring (bicyclic) bond motifs is 1. The van der Waals surface area contributed by atoms with Crippen molar-refractivity contribution < 1.29 is 14.6 Å². The molecule has 0 aliphatic carbocycles. The van der Waals surface area contributed by atoms with E-state index in [1.54, 1.807) is 23.3 Å². The summed E-state index contributed by atoms with van der Waals surface area (Å²) in [6.07, 6.45) is 1.29. The molecule has 0 saturated carbocycles. The maximum atomic E-state index is 12.5. The molecule has 130 valence electrons. The van der Waals surface area contributed by atoms with Gasteiger partial charge in [0.15, 0.2) is 5.60 Å². The van der Waals surface area contributed by atoms with Crippen molar-refractivity contribution in [1.82, 2.24) is 15.2 Å². The van der Waals surface area contributed by atoms with E-state index in [-0.39, 0.29) is 12.5 Å². The third kappa shape index (κ3) is 3.75. The van der Waals surface area contributed by atoms with Gasteiger partial charge in [-0.1, -0.05) is 12.1 Å². The van der Waals surface area contributed by atoms with Gasteiger partial charge in [-0.3, -0.25) is 4.79 Å². The van der Waals surface area contributed by atoms with E-state index in [0.717, 1.165) is 21.6 Å². The molecule has 1 aromatic heterocycles. The number of hydrogen-bond acceptors (Lipinski definition) is 6. The van der Waals surface area contributed by atoms with Gasteiger partial charge in [0.25, 0.3) is 5.91 Å². The Morgan fingerprint density at radius 1 is 1.46 bits per heavy atom. The Labute approximate surface area is 145 Å². The number of ether oxygens (including phenoxy) is 1. The quantitative estimate of drug-likeness (QED) is 0.790. The third-order valence-electron chi connectivity index (χ3n) is 4.30. The maximum absolute atomic E-state index is 12.5. The van der Waals surface area contributed by atoms with Crippen LogP contribution in [0.3, 0.4) is 0 Å². The Balaban J connectivity index is 1.57. The van der Waals surface area contributed by atoms with Gasteiger partial charge in [0.2, 0.25) is 0 Å². The monoisotopic (exact) mass is 349 g/mol. The highest BCUT2D eigenvalue weighted by Crippen LogP contribution is 2.23. The highest BCUT2D eigenvalue weighted by molar-refractivity contribution is 7.18. The van der Waals surface area contributed by atoms with Crippen molar-refractivity contribution in [3.8, 4) is 0 Å². The van der Waals surface area contributed by atoms with Gasteiger partial charge >= 0.3 is 0 Å². The lowest BCUT2D eigenvalue weighted by atomic mass is 9.91. The van der Waals surface area contributed by atoms with Gasteiger partial charge in [-0.15, -0.1) is 11.3 Å². The Bertz CT molecular complexity index is 672. The Morgan fingerprint density at radius 3 is 3.08 bits per heavy atom. The number of hydrogen-bond donors (Lipinski definition) is 2. The van der Waals surface area contributed by atoms with Crippen LogP contribution in [0.25, 0.3) is 10.2 Å². The van der Waals surface area contributed by atoms with Crippen LogP contribution in [-0.2, 0) is 16.1 Å². The first kappa shape index (κ1) is 17.3. The zero-order valence-corrected chi connectivity index (χ0v) is 14.6. The molecule has 7 heteroatoms. The normalized spacial score (nSPS) is 21.6. The SMILES string of the molecule is COCCN1CCC[C@](O)(CNCc2nc3ccccc3s2)C1=O. The number of amides is 1. The summed E-state index contributed by atoms with van der Waals surface area (Å²) in [7, 11) is 1.61. The minimum absolute atomic E-state index is 0.206. The number of rotatable bonds is 7. The first-order valence-corrected chi connectivity index (χ1v) is 9.00. The van der Waals surface area contributed by atoms with Gasteiger partial charge in [-0.05, 0) is 25.0 Å². The number of methoxy groups -OCH3 is 1. The summed E-state index contributed by atoms with van der Waals surface area (Å²) in [6, 6.07) is 8.00. The molecular formula is C17H23N3O3S. The number of likely N-dealkylation sites (tertiary alicyclic amines) is 1. The molecule has 24 heavy (non-hydrogen) atoms. The van der Waals surface area contributed by atoms with Gasteiger partial charge < -0.3 is 20.1 Å². The average molecular weight is 349 g/mol. The summed E-state index contributed by atoms with van der Waals surface area (Å²) in [5, 5.41) is 14.9. The molecule has 0 unspecified atom stereocenters. The zero-order chi connectivity index (χ0) is 17.0. The van der Waals surface area contributed by atoms with Crippen molar-refractivity contribution >= 4 is 27.5 Å². The summed E-state index contributed by atoms with van der Waals surface area (Å²) in [5.74, 6) is -0.206. The molecule has 2 heterocycles. The number of carbonyl (C=O) groups excluding carboxylic acids is 1. The van der Waals surface area contributed by atoms with E-state index in [4.69, 9.17) is 4.74 Å². The Kier molecular flexibility index (Phi) is 5.45. The van der Waals surface area contributed by atoms with E-state index in [1.807, 2.05) is 24.3 Å². The molecule has 1 amide bonds. The number of nitrogens with one attached hydrogen (secondary N) is 1. The largest absolute Gasteiger partial charge is 0.383 e. The van der Waals surface area contributed by atoms with Gasteiger partial charge in [0.05, 0.1) is 16.8 Å². The first-order valence-electron chi connectivity index (χ1n) is 8.18. The number of para-hydroxylation sites is 1. The van der Waals surface area contributed by atoms with Crippen LogP contribution in [0.2, 0.25) is 0 Å². The molecule has 0 radical (unpaired) electrons. The van der Waals surface area contributed by atoms with Crippen molar-refractivity contribution in [3.05, 3.63) is 29.3 Å². The van der Waals surface area contributed by atoms with Gasteiger partial charge in [-0.2, -0.15) is 0 Å². The number of aromatic nitrogens is 1. The van der Waals surface area contributed by atoms with Crippen molar-refractivity contribution in [2.24, 2.45) is 0 Å². The summed E-state index contributed by atoms with van der Waals surface area (Å²) in [4.78, 5) is 18.7. The standard InChI is InChI=1S/C17H23N3O3S/c1-23-10-9-20-8-4-7-17(22,16(20)21)12-18-11-15-19-13-5-2-3-6-14(13)24-15/h2-3,5-6,18,22H,4,7-12H2,1H3/t17-/m0/s1. The maximum Gasteiger partial charge on any atom is 0.255 e. The second-order valence-corrected chi connectivity index (χ2v) is 7.21. The van der Waals surface area contributed by atoms with E-state index < -0.39 is 5.60 Å². The predicted octanol–water partition coefficient (Wildman–Crippen LogP) is 1.39. The summed E-state index contributed by atoms with van der Waals surface area (Å²) < 4.78 is 6.18. The van der Waals surface area contributed by atoms with E-state index >= 15 is 0 Å². The van der Waals surface area contributed by atoms with Crippen molar-refractivity contribution in [2.45, 2.75) is 25.0 Å². The van der Waals surface area contributed by atoms with Crippen molar-refractivity contribution in [2.75, 3.05) is 33.4 Å². The predicted molar refractivity (Wildman–Crippen MR) is 94.0 cm³/mol. The topological polar surface area (TPSA) is 74.7 Å². The second kappa shape index (κ2) is 7.57. The lowest BCUT2D eigenvalue weighted by Crippen LogP contribution is -2.58. The second-order valence-electron chi connectivity index (χ2n) is 6.10. The fraction of sp³-hybridized carbons (Fsp3) is 0.529. The third-order valence-corrected chi connectivity index (χ3v) is 5.34. The molecule has 6 nitrogen and oxygen atoms in total. The number of nitrogens with zero attached hydrogens (tertiary/aromatic N) is 2. The molecule has 1 saturated heterocycles. The molecular weight excluding hydrogens is 326 g/mol. The number of benzene rings is 1.